The first-order chi connectivity index (χ1) is 9.95. The lowest BCUT2D eigenvalue weighted by molar-refractivity contribution is 0.0846. The first-order valence-corrected chi connectivity index (χ1v) is 8.70. The molecule has 2 fully saturated rings. The van der Waals surface area contributed by atoms with E-state index in [4.69, 9.17) is 0 Å². The summed E-state index contributed by atoms with van der Waals surface area (Å²) >= 11 is 3.54. The second kappa shape index (κ2) is 5.56. The molecular weight excluding hydrogens is 328 g/mol. The van der Waals surface area contributed by atoms with E-state index in [-0.39, 0.29) is 11.6 Å². The van der Waals surface area contributed by atoms with Crippen molar-refractivity contribution in [3.63, 3.8) is 0 Å². The van der Waals surface area contributed by atoms with Gasteiger partial charge in [-0.05, 0) is 56.8 Å². The van der Waals surface area contributed by atoms with Crippen LogP contribution in [-0.2, 0) is 0 Å². The van der Waals surface area contributed by atoms with Crippen molar-refractivity contribution in [3.05, 3.63) is 28.2 Å². The minimum atomic E-state index is 0.170. The van der Waals surface area contributed by atoms with Crippen LogP contribution in [0.5, 0.6) is 5.75 Å². The molecule has 0 aliphatic carbocycles. The molecule has 0 bridgehead atoms. The van der Waals surface area contributed by atoms with Crippen LogP contribution in [0.4, 0.5) is 0 Å². The van der Waals surface area contributed by atoms with Crippen LogP contribution in [0.15, 0.2) is 22.7 Å². The Morgan fingerprint density at radius 2 is 2.19 bits per heavy atom. The standard InChI is InChI=1S/C17H25BrN2O/c1-4-15(13-7-12(18)5-6-16(13)21)20-10-11-8-19-9-14(11)17(20,2)3/h5-7,11,14-15,19,21H,4,8-10H2,1-3H3. The molecule has 3 unspecified atom stereocenters. The quantitative estimate of drug-likeness (QED) is 0.873. The van der Waals surface area contributed by atoms with Gasteiger partial charge in [-0.1, -0.05) is 22.9 Å². The van der Waals surface area contributed by atoms with Gasteiger partial charge in [0.05, 0.1) is 0 Å². The Kier molecular flexibility index (Phi) is 4.06. The van der Waals surface area contributed by atoms with Crippen molar-refractivity contribution in [2.75, 3.05) is 19.6 Å². The topological polar surface area (TPSA) is 35.5 Å². The molecule has 1 aromatic carbocycles. The van der Waals surface area contributed by atoms with Crippen LogP contribution < -0.4 is 5.32 Å². The molecule has 1 aromatic rings. The highest BCUT2D eigenvalue weighted by atomic mass is 79.9. The Hall–Kier alpha value is -0.580. The summed E-state index contributed by atoms with van der Waals surface area (Å²) in [6, 6.07) is 6.06. The maximum atomic E-state index is 10.3. The molecule has 3 atom stereocenters. The molecule has 0 aromatic heterocycles. The molecule has 2 N–H and O–H groups in total. The summed E-state index contributed by atoms with van der Waals surface area (Å²) in [5, 5.41) is 13.8. The smallest absolute Gasteiger partial charge is 0.120 e. The number of aromatic hydroxyl groups is 1. The zero-order valence-corrected chi connectivity index (χ0v) is 14.7. The molecule has 2 heterocycles. The molecular formula is C17H25BrN2O. The molecule has 2 saturated heterocycles. The third-order valence-corrected chi connectivity index (χ3v) is 6.02. The van der Waals surface area contributed by atoms with Crippen molar-refractivity contribution < 1.29 is 5.11 Å². The monoisotopic (exact) mass is 352 g/mol. The van der Waals surface area contributed by atoms with E-state index in [0.717, 1.165) is 42.0 Å². The van der Waals surface area contributed by atoms with Gasteiger partial charge in [0, 0.05) is 34.7 Å². The highest BCUT2D eigenvalue weighted by molar-refractivity contribution is 9.10. The van der Waals surface area contributed by atoms with Crippen molar-refractivity contribution in [3.8, 4) is 5.75 Å². The largest absolute Gasteiger partial charge is 0.508 e. The highest BCUT2D eigenvalue weighted by Gasteiger charge is 2.51. The van der Waals surface area contributed by atoms with E-state index >= 15 is 0 Å². The fourth-order valence-corrected chi connectivity index (χ4v) is 4.76. The maximum absolute atomic E-state index is 10.3. The SMILES string of the molecule is CCC(c1cc(Br)ccc1O)N1CC2CNCC2C1(C)C. The van der Waals surface area contributed by atoms with Gasteiger partial charge in [-0.3, -0.25) is 4.90 Å². The van der Waals surface area contributed by atoms with E-state index in [2.05, 4.69) is 53.0 Å². The minimum absolute atomic E-state index is 0.170. The van der Waals surface area contributed by atoms with Gasteiger partial charge in [-0.2, -0.15) is 0 Å². The number of nitrogens with one attached hydrogen (secondary N) is 1. The van der Waals surface area contributed by atoms with E-state index in [9.17, 15) is 5.11 Å². The van der Waals surface area contributed by atoms with E-state index in [0.29, 0.717) is 11.7 Å². The molecule has 116 valence electrons. The Balaban J connectivity index is 1.95. The van der Waals surface area contributed by atoms with Gasteiger partial charge in [0.1, 0.15) is 5.75 Å². The fraction of sp³-hybridized carbons (Fsp3) is 0.647. The molecule has 21 heavy (non-hydrogen) atoms. The molecule has 0 radical (unpaired) electrons. The molecule has 0 spiro atoms. The second-order valence-corrected chi connectivity index (χ2v) is 7.87. The summed E-state index contributed by atoms with van der Waals surface area (Å²) in [6.07, 6.45) is 1.01. The molecule has 2 aliphatic rings. The summed E-state index contributed by atoms with van der Waals surface area (Å²) < 4.78 is 1.03. The van der Waals surface area contributed by atoms with Gasteiger partial charge in [-0.15, -0.1) is 0 Å². The third-order valence-electron chi connectivity index (χ3n) is 5.53. The van der Waals surface area contributed by atoms with E-state index < -0.39 is 0 Å². The summed E-state index contributed by atoms with van der Waals surface area (Å²) in [4.78, 5) is 2.62. The number of phenols is 1. The molecule has 2 aliphatic heterocycles. The number of nitrogens with zero attached hydrogens (tertiary/aromatic N) is 1. The van der Waals surface area contributed by atoms with E-state index in [1.165, 1.54) is 0 Å². The average Bonchev–Trinajstić information content (AvgIpc) is 2.99. The summed E-state index contributed by atoms with van der Waals surface area (Å²) in [5.74, 6) is 1.86. The van der Waals surface area contributed by atoms with Gasteiger partial charge in [0.2, 0.25) is 0 Å². The lowest BCUT2D eigenvalue weighted by Gasteiger charge is -2.41. The number of rotatable bonds is 3. The molecule has 0 amide bonds. The normalized spacial score (nSPS) is 29.5. The van der Waals surface area contributed by atoms with Crippen molar-refractivity contribution >= 4 is 15.9 Å². The summed E-state index contributed by atoms with van der Waals surface area (Å²) in [5.41, 5.74) is 1.22. The Morgan fingerprint density at radius 3 is 2.86 bits per heavy atom. The number of fused-ring (bicyclic) bond motifs is 1. The number of hydrogen-bond acceptors (Lipinski definition) is 3. The Bertz CT molecular complexity index is 532. The van der Waals surface area contributed by atoms with Crippen LogP contribution in [0.1, 0.15) is 38.8 Å². The lowest BCUT2D eigenvalue weighted by atomic mass is 9.84. The number of hydrogen-bond donors (Lipinski definition) is 2. The number of halogens is 1. The maximum Gasteiger partial charge on any atom is 0.120 e. The van der Waals surface area contributed by atoms with Gasteiger partial charge in [-0.25, -0.2) is 0 Å². The predicted octanol–water partition coefficient (Wildman–Crippen LogP) is 3.54. The van der Waals surface area contributed by atoms with E-state index in [1.54, 1.807) is 6.07 Å². The predicted molar refractivity (Wildman–Crippen MR) is 89.5 cm³/mol. The molecule has 0 saturated carbocycles. The Morgan fingerprint density at radius 1 is 1.43 bits per heavy atom. The van der Waals surface area contributed by atoms with Crippen LogP contribution in [-0.4, -0.2) is 35.2 Å². The molecule has 4 heteroatoms. The zero-order chi connectivity index (χ0) is 15.2. The number of benzene rings is 1. The highest BCUT2D eigenvalue weighted by Crippen LogP contribution is 2.47. The van der Waals surface area contributed by atoms with Crippen molar-refractivity contribution in [2.24, 2.45) is 11.8 Å². The van der Waals surface area contributed by atoms with Crippen LogP contribution in [0, 0.1) is 11.8 Å². The van der Waals surface area contributed by atoms with Gasteiger partial charge >= 0.3 is 0 Å². The van der Waals surface area contributed by atoms with Crippen LogP contribution in [0.2, 0.25) is 0 Å². The number of phenolic OH excluding ortho intramolecular Hbond substituents is 1. The third kappa shape index (κ3) is 2.51. The van der Waals surface area contributed by atoms with Crippen LogP contribution in [0.3, 0.4) is 0 Å². The zero-order valence-electron chi connectivity index (χ0n) is 13.1. The summed E-state index contributed by atoms with van der Waals surface area (Å²) in [7, 11) is 0. The minimum Gasteiger partial charge on any atom is -0.508 e. The van der Waals surface area contributed by atoms with Crippen LogP contribution >= 0.6 is 15.9 Å². The average molecular weight is 353 g/mol. The molecule has 3 nitrogen and oxygen atoms in total. The van der Waals surface area contributed by atoms with Gasteiger partial charge in [0.15, 0.2) is 0 Å². The van der Waals surface area contributed by atoms with Gasteiger partial charge in [0.25, 0.3) is 0 Å². The van der Waals surface area contributed by atoms with Crippen molar-refractivity contribution in [1.82, 2.24) is 10.2 Å². The summed E-state index contributed by atoms with van der Waals surface area (Å²) in [6.45, 7) is 10.3. The first-order valence-electron chi connectivity index (χ1n) is 7.91. The fourth-order valence-electron chi connectivity index (χ4n) is 4.38. The Labute approximate surface area is 135 Å². The van der Waals surface area contributed by atoms with Crippen LogP contribution in [0.25, 0.3) is 0 Å². The van der Waals surface area contributed by atoms with Crippen molar-refractivity contribution in [1.29, 1.82) is 0 Å². The van der Waals surface area contributed by atoms with E-state index in [1.807, 2.05) is 6.07 Å². The second-order valence-electron chi connectivity index (χ2n) is 6.96. The first kappa shape index (κ1) is 15.3. The lowest BCUT2D eigenvalue weighted by Crippen LogP contribution is -2.46. The number of likely N-dealkylation sites (tertiary alicyclic amines) is 1. The van der Waals surface area contributed by atoms with Gasteiger partial charge < -0.3 is 10.4 Å². The molecule has 3 rings (SSSR count). The van der Waals surface area contributed by atoms with Crippen molar-refractivity contribution in [2.45, 2.75) is 38.8 Å².